The Morgan fingerprint density at radius 1 is 0.825 bits per heavy atom. The van der Waals surface area contributed by atoms with Crippen LogP contribution in [0.2, 0.25) is 0 Å². The molecule has 0 aliphatic heterocycles. The highest BCUT2D eigenvalue weighted by atomic mass is 16.6. The molecular formula is C32H24N2O6. The number of amides is 1. The predicted molar refractivity (Wildman–Crippen MR) is 151 cm³/mol. The first kappa shape index (κ1) is 24.9. The molecule has 2 N–H and O–H groups in total. The van der Waals surface area contributed by atoms with E-state index in [1.807, 2.05) is 66.7 Å². The van der Waals surface area contributed by atoms with Crippen LogP contribution in [0.15, 0.2) is 112 Å². The van der Waals surface area contributed by atoms with Crippen LogP contribution in [0.25, 0.3) is 32.6 Å². The van der Waals surface area contributed by atoms with Crippen LogP contribution in [-0.2, 0) is 22.6 Å². The summed E-state index contributed by atoms with van der Waals surface area (Å²) in [5.74, 6) is -0.510. The smallest absolute Gasteiger partial charge is 0.408 e. The number of nitrogens with one attached hydrogen (secondary N) is 2. The normalized spacial score (nSPS) is 11.9. The molecule has 2 heterocycles. The van der Waals surface area contributed by atoms with Crippen LogP contribution in [0.1, 0.15) is 11.1 Å². The Bertz CT molecular complexity index is 1910. The molecule has 0 bridgehead atoms. The molecule has 4 aromatic carbocycles. The first-order valence-electron chi connectivity index (χ1n) is 12.7. The van der Waals surface area contributed by atoms with Crippen LogP contribution in [-0.4, -0.2) is 23.1 Å². The number of hydrogen-bond donors (Lipinski definition) is 2. The molecule has 0 unspecified atom stereocenters. The van der Waals surface area contributed by atoms with Crippen LogP contribution in [0.4, 0.5) is 4.79 Å². The number of rotatable bonds is 7. The molecule has 198 valence electrons. The summed E-state index contributed by atoms with van der Waals surface area (Å²) in [4.78, 5) is 41.8. The topological polar surface area (TPSA) is 111 Å². The summed E-state index contributed by atoms with van der Waals surface area (Å²) in [6, 6.07) is 27.9. The summed E-state index contributed by atoms with van der Waals surface area (Å²) in [6.45, 7) is 0.0548. The third-order valence-corrected chi connectivity index (χ3v) is 6.70. The van der Waals surface area contributed by atoms with Crippen molar-refractivity contribution in [2.75, 3.05) is 0 Å². The Kier molecular flexibility index (Phi) is 6.72. The van der Waals surface area contributed by atoms with E-state index in [0.29, 0.717) is 10.8 Å². The molecule has 8 heteroatoms. The molecular weight excluding hydrogens is 508 g/mol. The molecule has 0 aliphatic carbocycles. The second kappa shape index (κ2) is 10.8. The maximum atomic E-state index is 13.4. The van der Waals surface area contributed by atoms with E-state index >= 15 is 0 Å². The van der Waals surface area contributed by atoms with Crippen LogP contribution in [0.5, 0.6) is 5.75 Å². The van der Waals surface area contributed by atoms with Gasteiger partial charge in [-0.15, -0.1) is 0 Å². The zero-order valence-corrected chi connectivity index (χ0v) is 21.3. The highest BCUT2D eigenvalue weighted by molar-refractivity contribution is 6.04. The van der Waals surface area contributed by atoms with E-state index in [-0.39, 0.29) is 24.4 Å². The van der Waals surface area contributed by atoms with E-state index in [0.717, 1.165) is 27.4 Å². The maximum Gasteiger partial charge on any atom is 0.408 e. The van der Waals surface area contributed by atoms with Crippen molar-refractivity contribution >= 4 is 44.7 Å². The number of H-pyrrole nitrogens is 1. The summed E-state index contributed by atoms with van der Waals surface area (Å²) < 4.78 is 16.5. The number of benzene rings is 4. The van der Waals surface area contributed by atoms with Gasteiger partial charge < -0.3 is 24.2 Å². The minimum Gasteiger partial charge on any atom is -0.445 e. The number of aromatic nitrogens is 1. The number of alkyl carbamates (subject to hydrolysis) is 1. The zero-order chi connectivity index (χ0) is 27.5. The lowest BCUT2D eigenvalue weighted by Crippen LogP contribution is -2.44. The molecule has 0 saturated carbocycles. The van der Waals surface area contributed by atoms with Crippen molar-refractivity contribution in [2.45, 2.75) is 19.1 Å². The quantitative estimate of drug-likeness (QED) is 0.115. The van der Waals surface area contributed by atoms with E-state index in [1.165, 1.54) is 6.07 Å². The van der Waals surface area contributed by atoms with Crippen molar-refractivity contribution < 1.29 is 23.5 Å². The van der Waals surface area contributed by atoms with Gasteiger partial charge in [0.2, 0.25) is 0 Å². The highest BCUT2D eigenvalue weighted by Crippen LogP contribution is 2.27. The fourth-order valence-electron chi connectivity index (χ4n) is 4.73. The minimum atomic E-state index is -1.05. The Labute approximate surface area is 228 Å². The molecule has 0 saturated heterocycles. The number of carbonyl (C=O) groups excluding carboxylic acids is 2. The van der Waals surface area contributed by atoms with Gasteiger partial charge in [-0.05, 0) is 40.8 Å². The van der Waals surface area contributed by atoms with Crippen LogP contribution >= 0.6 is 0 Å². The van der Waals surface area contributed by atoms with E-state index in [1.54, 1.807) is 30.5 Å². The van der Waals surface area contributed by atoms with Gasteiger partial charge in [-0.1, -0.05) is 66.7 Å². The van der Waals surface area contributed by atoms with Crippen molar-refractivity contribution in [3.05, 3.63) is 125 Å². The first-order valence-corrected chi connectivity index (χ1v) is 12.7. The average Bonchev–Trinajstić information content (AvgIpc) is 3.39. The number of fused-ring (bicyclic) bond motifs is 4. The van der Waals surface area contributed by atoms with E-state index in [2.05, 4.69) is 10.3 Å². The van der Waals surface area contributed by atoms with E-state index < -0.39 is 23.7 Å². The minimum absolute atomic E-state index is 0.0548. The number of hydrogen-bond acceptors (Lipinski definition) is 6. The highest BCUT2D eigenvalue weighted by Gasteiger charge is 2.26. The lowest BCUT2D eigenvalue weighted by Gasteiger charge is -2.17. The SMILES string of the molecule is O=C(N[C@@H](Cc1c[nH]c2ccccc12)C(=O)Oc1ccc2c(c1)oc(=O)c1ccccc12)OCc1ccccc1. The summed E-state index contributed by atoms with van der Waals surface area (Å²) in [6.07, 6.45) is 1.22. The molecule has 0 aliphatic rings. The van der Waals surface area contributed by atoms with Gasteiger partial charge in [0.1, 0.15) is 24.0 Å². The first-order chi connectivity index (χ1) is 19.5. The number of esters is 1. The molecule has 0 spiro atoms. The van der Waals surface area contributed by atoms with Gasteiger partial charge in [0.05, 0.1) is 5.39 Å². The molecule has 1 atom stereocenters. The van der Waals surface area contributed by atoms with E-state index in [9.17, 15) is 14.4 Å². The van der Waals surface area contributed by atoms with Crippen LogP contribution in [0, 0.1) is 0 Å². The van der Waals surface area contributed by atoms with Crippen molar-refractivity contribution in [1.29, 1.82) is 0 Å². The Morgan fingerprint density at radius 2 is 1.55 bits per heavy atom. The third-order valence-electron chi connectivity index (χ3n) is 6.70. The van der Waals surface area contributed by atoms with Crippen LogP contribution in [0.3, 0.4) is 0 Å². The van der Waals surface area contributed by atoms with Crippen molar-refractivity contribution in [3.63, 3.8) is 0 Å². The lowest BCUT2D eigenvalue weighted by molar-refractivity contribution is -0.136. The van der Waals surface area contributed by atoms with Crippen molar-refractivity contribution in [1.82, 2.24) is 10.3 Å². The number of aromatic amines is 1. The lowest BCUT2D eigenvalue weighted by atomic mass is 10.0. The maximum absolute atomic E-state index is 13.4. The van der Waals surface area contributed by atoms with Gasteiger partial charge in [0.25, 0.3) is 0 Å². The zero-order valence-electron chi connectivity index (χ0n) is 21.3. The summed E-state index contributed by atoms with van der Waals surface area (Å²) in [7, 11) is 0. The predicted octanol–water partition coefficient (Wildman–Crippen LogP) is 5.87. The Morgan fingerprint density at radius 3 is 2.38 bits per heavy atom. The largest absolute Gasteiger partial charge is 0.445 e. The van der Waals surface area contributed by atoms with Gasteiger partial charge >= 0.3 is 17.7 Å². The average molecular weight is 533 g/mol. The fraction of sp³-hybridized carbons (Fsp3) is 0.0938. The number of carbonyl (C=O) groups is 2. The number of ether oxygens (including phenoxy) is 2. The summed E-state index contributed by atoms with van der Waals surface area (Å²) in [5.41, 5.74) is 2.37. The number of para-hydroxylation sites is 1. The molecule has 2 aromatic heterocycles. The Hall–Kier alpha value is -5.37. The fourth-order valence-corrected chi connectivity index (χ4v) is 4.73. The van der Waals surface area contributed by atoms with Gasteiger partial charge in [-0.3, -0.25) is 0 Å². The summed E-state index contributed by atoms with van der Waals surface area (Å²) in [5, 5.41) is 5.51. The molecule has 1 amide bonds. The van der Waals surface area contributed by atoms with Gasteiger partial charge in [0.15, 0.2) is 0 Å². The second-order valence-electron chi connectivity index (χ2n) is 9.34. The van der Waals surface area contributed by atoms with Crippen molar-refractivity contribution in [2.24, 2.45) is 0 Å². The van der Waals surface area contributed by atoms with Gasteiger partial charge in [-0.2, -0.15) is 0 Å². The monoisotopic (exact) mass is 532 g/mol. The van der Waals surface area contributed by atoms with Crippen molar-refractivity contribution in [3.8, 4) is 5.75 Å². The molecule has 40 heavy (non-hydrogen) atoms. The molecule has 8 nitrogen and oxygen atoms in total. The van der Waals surface area contributed by atoms with Crippen LogP contribution < -0.4 is 15.7 Å². The second-order valence-corrected chi connectivity index (χ2v) is 9.34. The molecule has 0 fully saturated rings. The van der Waals surface area contributed by atoms with E-state index in [4.69, 9.17) is 13.9 Å². The summed E-state index contributed by atoms with van der Waals surface area (Å²) >= 11 is 0. The molecule has 6 rings (SSSR count). The third kappa shape index (κ3) is 5.15. The standard InChI is InChI=1S/C32H24N2O6/c35-30-26-12-5-4-11-24(26)25-15-14-22(17-29(25)40-30)39-31(36)28(16-21-18-33-27-13-7-6-10-23(21)27)34-32(37)38-19-20-8-2-1-3-9-20/h1-15,17-18,28,33H,16,19H2,(H,34,37)/t28-/m0/s1. The van der Waals surface area contributed by atoms with Gasteiger partial charge in [-0.25, -0.2) is 14.4 Å². The molecule has 0 radical (unpaired) electrons. The Balaban J connectivity index is 1.25. The molecule has 6 aromatic rings. The van der Waals surface area contributed by atoms with Gasteiger partial charge in [0, 0.05) is 35.0 Å².